The van der Waals surface area contributed by atoms with Crippen molar-refractivity contribution < 1.29 is 9.53 Å². The number of pyridine rings is 1. The Morgan fingerprint density at radius 3 is 2.48 bits per heavy atom. The van der Waals surface area contributed by atoms with Crippen molar-refractivity contribution in [3.8, 4) is 0 Å². The molecule has 3 N–H and O–H groups in total. The number of ether oxygens (including phenoxy) is 1. The summed E-state index contributed by atoms with van der Waals surface area (Å²) in [5, 5.41) is 2.91. The minimum absolute atomic E-state index is 0. The lowest BCUT2D eigenvalue weighted by Crippen LogP contribution is -2.46. The first-order chi connectivity index (χ1) is 12.6. The second-order valence-corrected chi connectivity index (χ2v) is 6.68. The average Bonchev–Trinajstić information content (AvgIpc) is 2.69. The molecule has 0 saturated carbocycles. The van der Waals surface area contributed by atoms with E-state index in [2.05, 4.69) is 5.32 Å². The van der Waals surface area contributed by atoms with Crippen LogP contribution in [0.4, 0.5) is 0 Å². The van der Waals surface area contributed by atoms with Crippen molar-refractivity contribution in [2.45, 2.75) is 32.0 Å². The Morgan fingerprint density at radius 1 is 1.15 bits per heavy atom. The fraction of sp³-hybridized carbons (Fsp3) is 0.400. The van der Waals surface area contributed by atoms with Crippen LogP contribution in [0.3, 0.4) is 0 Å². The summed E-state index contributed by atoms with van der Waals surface area (Å²) in [4.78, 5) is 24.0. The number of nitrogens with one attached hydrogen (secondary N) is 1. The molecule has 146 valence electrons. The van der Waals surface area contributed by atoms with Crippen LogP contribution >= 0.6 is 12.4 Å². The number of nitrogens with two attached hydrogens (primary N) is 1. The van der Waals surface area contributed by atoms with E-state index in [1.807, 2.05) is 30.3 Å². The van der Waals surface area contributed by atoms with Gasteiger partial charge in [-0.2, -0.15) is 0 Å². The molecule has 1 amide bonds. The van der Waals surface area contributed by atoms with Gasteiger partial charge in [-0.05, 0) is 36.0 Å². The second-order valence-electron chi connectivity index (χ2n) is 6.68. The van der Waals surface area contributed by atoms with Gasteiger partial charge in [0.25, 0.3) is 5.56 Å². The highest BCUT2D eigenvalue weighted by atomic mass is 35.5. The van der Waals surface area contributed by atoms with E-state index in [0.29, 0.717) is 26.3 Å². The predicted octanol–water partition coefficient (Wildman–Crippen LogP) is 1.69. The Hall–Kier alpha value is -2.15. The van der Waals surface area contributed by atoms with E-state index in [-0.39, 0.29) is 29.8 Å². The molecule has 7 heteroatoms. The van der Waals surface area contributed by atoms with Crippen molar-refractivity contribution in [3.05, 3.63) is 70.1 Å². The van der Waals surface area contributed by atoms with Gasteiger partial charge in [-0.1, -0.05) is 30.3 Å². The molecule has 0 radical (unpaired) electrons. The van der Waals surface area contributed by atoms with Crippen molar-refractivity contribution in [3.63, 3.8) is 0 Å². The summed E-state index contributed by atoms with van der Waals surface area (Å²) in [7, 11) is 0. The van der Waals surface area contributed by atoms with Crippen molar-refractivity contribution in [2.75, 3.05) is 13.2 Å². The summed E-state index contributed by atoms with van der Waals surface area (Å²) in [5.74, 6) is 0.0760. The van der Waals surface area contributed by atoms with E-state index in [9.17, 15) is 9.59 Å². The second kappa shape index (κ2) is 10.3. The van der Waals surface area contributed by atoms with E-state index in [4.69, 9.17) is 10.5 Å². The topological polar surface area (TPSA) is 86.4 Å². The summed E-state index contributed by atoms with van der Waals surface area (Å²) in [5.41, 5.74) is 8.09. The first-order valence-electron chi connectivity index (χ1n) is 8.98. The molecule has 1 fully saturated rings. The summed E-state index contributed by atoms with van der Waals surface area (Å²) < 4.78 is 6.97. The van der Waals surface area contributed by atoms with Gasteiger partial charge in [-0.25, -0.2) is 0 Å². The van der Waals surface area contributed by atoms with Crippen LogP contribution in [0.25, 0.3) is 0 Å². The summed E-state index contributed by atoms with van der Waals surface area (Å²) in [6, 6.07) is 12.5. The minimum Gasteiger partial charge on any atom is -0.381 e. The molecule has 1 aliphatic heterocycles. The highest BCUT2D eigenvalue weighted by Crippen LogP contribution is 2.17. The molecule has 1 aromatic carbocycles. The largest absolute Gasteiger partial charge is 0.381 e. The highest BCUT2D eigenvalue weighted by molar-refractivity contribution is 5.85. The molecule has 1 unspecified atom stereocenters. The summed E-state index contributed by atoms with van der Waals surface area (Å²) in [6.45, 7) is 2.33. The number of halogens is 1. The third kappa shape index (κ3) is 5.92. The van der Waals surface area contributed by atoms with Crippen LogP contribution < -0.4 is 16.6 Å². The van der Waals surface area contributed by atoms with E-state index in [1.54, 1.807) is 22.9 Å². The Kier molecular flexibility index (Phi) is 8.03. The summed E-state index contributed by atoms with van der Waals surface area (Å²) >= 11 is 0. The van der Waals surface area contributed by atoms with Crippen molar-refractivity contribution in [1.29, 1.82) is 0 Å². The molecule has 1 atom stereocenters. The maximum atomic E-state index is 12.2. The number of carbonyl (C=O) groups is 1. The monoisotopic (exact) mass is 391 g/mol. The average molecular weight is 392 g/mol. The zero-order valence-corrected chi connectivity index (χ0v) is 16.0. The highest BCUT2D eigenvalue weighted by Gasteiger charge is 2.26. The lowest BCUT2D eigenvalue weighted by atomic mass is 9.92. The maximum Gasteiger partial charge on any atom is 0.250 e. The number of rotatable bonds is 6. The SMILES string of the molecule is Cl.NC(C(=O)NCc1ccc(Cn2ccccc2=O)cc1)C1CCOCC1. The van der Waals surface area contributed by atoms with Gasteiger partial charge in [0, 0.05) is 32.0 Å². The first-order valence-corrected chi connectivity index (χ1v) is 8.98. The number of amides is 1. The molecule has 0 aliphatic carbocycles. The zero-order valence-electron chi connectivity index (χ0n) is 15.2. The van der Waals surface area contributed by atoms with Gasteiger partial charge in [0.05, 0.1) is 12.6 Å². The number of carbonyl (C=O) groups excluding carboxylic acids is 1. The Labute approximate surface area is 165 Å². The van der Waals surface area contributed by atoms with E-state index >= 15 is 0 Å². The third-order valence-electron chi connectivity index (χ3n) is 4.82. The van der Waals surface area contributed by atoms with Crippen LogP contribution in [0, 0.1) is 5.92 Å². The van der Waals surface area contributed by atoms with Crippen molar-refractivity contribution >= 4 is 18.3 Å². The number of hydrogen-bond donors (Lipinski definition) is 2. The quantitative estimate of drug-likeness (QED) is 0.784. The van der Waals surface area contributed by atoms with Crippen LogP contribution in [0.15, 0.2) is 53.5 Å². The smallest absolute Gasteiger partial charge is 0.250 e. The molecule has 0 bridgehead atoms. The molecule has 2 heterocycles. The van der Waals surface area contributed by atoms with Gasteiger partial charge in [-0.3, -0.25) is 9.59 Å². The van der Waals surface area contributed by atoms with Crippen LogP contribution in [0.5, 0.6) is 0 Å². The predicted molar refractivity (Wildman–Crippen MR) is 107 cm³/mol. The van der Waals surface area contributed by atoms with Crippen molar-refractivity contribution in [1.82, 2.24) is 9.88 Å². The van der Waals surface area contributed by atoms with Crippen LogP contribution in [0.1, 0.15) is 24.0 Å². The molecule has 27 heavy (non-hydrogen) atoms. The Bertz CT molecular complexity index is 786. The fourth-order valence-electron chi connectivity index (χ4n) is 3.15. The van der Waals surface area contributed by atoms with Gasteiger partial charge >= 0.3 is 0 Å². The zero-order chi connectivity index (χ0) is 18.4. The van der Waals surface area contributed by atoms with E-state index < -0.39 is 6.04 Å². The van der Waals surface area contributed by atoms with Gasteiger partial charge < -0.3 is 20.4 Å². The van der Waals surface area contributed by atoms with E-state index in [1.165, 1.54) is 0 Å². The lowest BCUT2D eigenvalue weighted by molar-refractivity contribution is -0.124. The first kappa shape index (κ1) is 21.2. The fourth-order valence-corrected chi connectivity index (χ4v) is 3.15. The van der Waals surface area contributed by atoms with Gasteiger partial charge in [-0.15, -0.1) is 12.4 Å². The normalized spacial score (nSPS) is 15.6. The van der Waals surface area contributed by atoms with Crippen LogP contribution in [-0.4, -0.2) is 29.7 Å². The molecule has 0 spiro atoms. The number of benzene rings is 1. The maximum absolute atomic E-state index is 12.2. The molecule has 3 rings (SSSR count). The van der Waals surface area contributed by atoms with Gasteiger partial charge in [0.2, 0.25) is 5.91 Å². The van der Waals surface area contributed by atoms with Gasteiger partial charge in [0.1, 0.15) is 0 Å². The van der Waals surface area contributed by atoms with E-state index in [0.717, 1.165) is 24.0 Å². The summed E-state index contributed by atoms with van der Waals surface area (Å²) in [6.07, 6.45) is 3.44. The Morgan fingerprint density at radius 2 is 1.81 bits per heavy atom. The standard InChI is InChI=1S/C20H25N3O3.ClH/c21-19(17-8-11-26-12-9-17)20(25)22-13-15-4-6-16(7-5-15)14-23-10-2-1-3-18(23)24;/h1-7,10,17,19H,8-9,11-14,21H2,(H,22,25);1H. The van der Waals surface area contributed by atoms with Crippen molar-refractivity contribution in [2.24, 2.45) is 11.7 Å². The molecule has 6 nitrogen and oxygen atoms in total. The molecule has 1 saturated heterocycles. The molecule has 1 aromatic heterocycles. The van der Waals surface area contributed by atoms with Crippen LogP contribution in [0.2, 0.25) is 0 Å². The van der Waals surface area contributed by atoms with Crippen LogP contribution in [-0.2, 0) is 22.6 Å². The molecular formula is C20H26ClN3O3. The lowest BCUT2D eigenvalue weighted by Gasteiger charge is -2.26. The van der Waals surface area contributed by atoms with Gasteiger partial charge in [0.15, 0.2) is 0 Å². The minimum atomic E-state index is -0.483. The number of aromatic nitrogens is 1. The Balaban J connectivity index is 0.00000261. The number of hydrogen-bond acceptors (Lipinski definition) is 4. The molecular weight excluding hydrogens is 366 g/mol. The third-order valence-corrected chi connectivity index (χ3v) is 4.82. The molecule has 1 aliphatic rings. The molecule has 2 aromatic rings. The number of nitrogens with zero attached hydrogens (tertiary/aromatic N) is 1.